The molecule has 16 heavy (non-hydrogen) atoms. The summed E-state index contributed by atoms with van der Waals surface area (Å²) in [6, 6.07) is 0. The molecule has 0 amide bonds. The van der Waals surface area contributed by atoms with Crippen LogP contribution in [0.25, 0.3) is 0 Å². The van der Waals surface area contributed by atoms with Gasteiger partial charge < -0.3 is 0 Å². The first kappa shape index (κ1) is 24.9. The van der Waals surface area contributed by atoms with E-state index in [9.17, 15) is 0 Å². The zero-order valence-electron chi connectivity index (χ0n) is 6.03. The van der Waals surface area contributed by atoms with Gasteiger partial charge in [-0.1, -0.05) is 0 Å². The summed E-state index contributed by atoms with van der Waals surface area (Å²) in [6.07, 6.45) is 0. The van der Waals surface area contributed by atoms with E-state index in [4.69, 9.17) is 46.0 Å². The second-order valence-electron chi connectivity index (χ2n) is 1.13. The van der Waals surface area contributed by atoms with Gasteiger partial charge in [-0.3, -0.25) is 0 Å². The molecule has 0 aromatic carbocycles. The monoisotopic (exact) mass is 383 g/mol. The third-order valence-electron chi connectivity index (χ3n) is 0. The van der Waals surface area contributed by atoms with E-state index in [0.29, 0.717) is 0 Å². The van der Waals surface area contributed by atoms with E-state index >= 15 is 0 Å². The first-order valence-electron chi connectivity index (χ1n) is 1.85. The van der Waals surface area contributed by atoms with Crippen LogP contribution in [-0.2, 0) is 83.7 Å². The van der Waals surface area contributed by atoms with Crippen molar-refractivity contribution in [3.05, 3.63) is 0 Å². The summed E-state index contributed by atoms with van der Waals surface area (Å²) < 4.78 is 103. The third kappa shape index (κ3) is 410000. The van der Waals surface area contributed by atoms with Crippen LogP contribution in [0.1, 0.15) is 0 Å². The molecule has 0 unspecified atom stereocenters. The molecule has 0 saturated carbocycles. The van der Waals surface area contributed by atoms with Crippen molar-refractivity contribution in [1.29, 1.82) is 0 Å². The van der Waals surface area contributed by atoms with Crippen LogP contribution in [0.15, 0.2) is 0 Å². The van der Waals surface area contributed by atoms with Gasteiger partial charge in [0.2, 0.25) is 0 Å². The van der Waals surface area contributed by atoms with Crippen molar-refractivity contribution in [3.63, 3.8) is 0 Å². The van der Waals surface area contributed by atoms with Gasteiger partial charge >= 0.3 is 107 Å². The second-order valence-corrected chi connectivity index (χ2v) is 4.68. The Balaban J connectivity index is -0.0000000655. The molecule has 0 aliphatic rings. The van der Waals surface area contributed by atoms with Crippen molar-refractivity contribution >= 4 is 23.1 Å². The van der Waals surface area contributed by atoms with Crippen LogP contribution in [0, 0.1) is 0 Å². The number of hydrogen-bond acceptors (Lipinski definition) is 12. The summed E-state index contributed by atoms with van der Waals surface area (Å²) in [5, 5.41) is 0. The van der Waals surface area contributed by atoms with Crippen molar-refractivity contribution < 1.29 is 83.7 Å². The molecule has 0 rings (SSSR count). The van der Waals surface area contributed by atoms with Crippen LogP contribution in [0.3, 0.4) is 0 Å². The van der Waals surface area contributed by atoms with Gasteiger partial charge in [-0.05, 0) is 0 Å². The number of rotatable bonds is 0. The molecule has 0 radical (unpaired) electrons. The maximum absolute atomic E-state index is 8.58. The molecule has 0 N–H and O–H groups in total. The predicted molar refractivity (Wildman–Crippen MR) is 16.8 cm³/mol. The van der Waals surface area contributed by atoms with Crippen molar-refractivity contribution in [2.75, 3.05) is 0 Å². The van der Waals surface area contributed by atoms with Crippen molar-refractivity contribution in [3.8, 4) is 0 Å². The topological polar surface area (TPSA) is 205 Å². The summed E-state index contributed by atoms with van der Waals surface area (Å²) in [5.74, 6) is 0. The molecule has 97 valence electrons. The minimum atomic E-state index is -5.62. The Hall–Kier alpha value is -0.0753. The fourth-order valence-corrected chi connectivity index (χ4v) is 0. The zero-order valence-corrected chi connectivity index (χ0v) is 9.57. The fraction of sp³-hybridized carbons (Fsp3) is 0. The molecule has 0 fully saturated rings. The summed E-state index contributed by atoms with van der Waals surface area (Å²) in [4.78, 5) is 0. The van der Waals surface area contributed by atoms with Gasteiger partial charge in [0.1, 0.15) is 0 Å². The first-order chi connectivity index (χ1) is 6.00. The van der Waals surface area contributed by atoms with Crippen LogP contribution in [-0.4, -0.2) is 23.1 Å². The normalized spacial score (nSPS) is 10.5. The molecule has 0 aliphatic heterocycles. The van der Waals surface area contributed by atoms with Gasteiger partial charge in [0, 0.05) is 0 Å². The summed E-state index contributed by atoms with van der Waals surface area (Å²) in [7, 11) is 0. The first-order valence-corrected chi connectivity index (χ1v) is 7.63. The van der Waals surface area contributed by atoms with E-state index in [1.807, 2.05) is 0 Å². The van der Waals surface area contributed by atoms with Crippen molar-refractivity contribution in [2.24, 2.45) is 0 Å². The molecule has 0 heterocycles. The van der Waals surface area contributed by atoms with Gasteiger partial charge in [0.25, 0.3) is 0 Å². The van der Waals surface area contributed by atoms with E-state index in [-0.39, 0.29) is 23.1 Å². The Morgan fingerprint density at radius 2 is 0.312 bits per heavy atom. The van der Waals surface area contributed by atoms with E-state index in [2.05, 4.69) is 0 Å². The SMILES string of the molecule is [MgH2].[O]=[Mn](=[O])(=[O])=[O].[O]=[Mn](=[O])(=[O])=[O].[O]=[Mn](=[O])(=[O])=[O]. The quantitative estimate of drug-likeness (QED) is 0.403. The zero-order chi connectivity index (χ0) is 13.5. The van der Waals surface area contributed by atoms with Crippen LogP contribution < -0.4 is 0 Å². The average Bonchev–Trinajstić information content (AvgIpc) is 1.41. The van der Waals surface area contributed by atoms with E-state index in [0.717, 1.165) is 0 Å². The van der Waals surface area contributed by atoms with Crippen LogP contribution >= 0.6 is 0 Å². The molecule has 0 aliphatic carbocycles. The third-order valence-corrected chi connectivity index (χ3v) is 0. The molecule has 0 spiro atoms. The van der Waals surface area contributed by atoms with E-state index in [1.54, 1.807) is 0 Å². The van der Waals surface area contributed by atoms with Crippen LogP contribution in [0.4, 0.5) is 0 Å². The van der Waals surface area contributed by atoms with Crippen molar-refractivity contribution in [1.82, 2.24) is 0 Å². The second kappa shape index (κ2) is 9.01. The van der Waals surface area contributed by atoms with E-state index < -0.39 is 37.7 Å². The van der Waals surface area contributed by atoms with Gasteiger partial charge in [-0.25, -0.2) is 0 Å². The van der Waals surface area contributed by atoms with Crippen LogP contribution in [0.2, 0.25) is 0 Å². The molecular weight excluding hydrogens is 381 g/mol. The van der Waals surface area contributed by atoms with Crippen molar-refractivity contribution in [2.45, 2.75) is 0 Å². The Morgan fingerprint density at radius 3 is 0.312 bits per heavy atom. The Morgan fingerprint density at radius 1 is 0.312 bits per heavy atom. The molecule has 0 bridgehead atoms. The Bertz CT molecular complexity index is 603. The maximum atomic E-state index is 8.58. The molecule has 16 heteroatoms. The molecule has 0 aromatic rings. The number of hydrogen-bond donors (Lipinski definition) is 0. The summed E-state index contributed by atoms with van der Waals surface area (Å²) >= 11 is -16.9. The molecule has 12 nitrogen and oxygen atoms in total. The van der Waals surface area contributed by atoms with E-state index in [1.165, 1.54) is 0 Å². The van der Waals surface area contributed by atoms with Gasteiger partial charge in [-0.2, -0.15) is 0 Å². The molecule has 0 aromatic heterocycles. The standard InChI is InChI=1S/Mg.3Mn.12O.2H. The minimum absolute atomic E-state index is 0. The Kier molecular flexibility index (Phi) is 14.0. The Labute approximate surface area is 106 Å². The fourth-order valence-electron chi connectivity index (χ4n) is 0. The molecular formula is H2MgMn3O12. The average molecular weight is 383 g/mol. The van der Waals surface area contributed by atoms with Gasteiger partial charge in [0.15, 0.2) is 0 Å². The summed E-state index contributed by atoms with van der Waals surface area (Å²) in [6.45, 7) is 0. The predicted octanol–water partition coefficient (Wildman–Crippen LogP) is -2.35. The van der Waals surface area contributed by atoms with Gasteiger partial charge in [0.05, 0.1) is 0 Å². The van der Waals surface area contributed by atoms with Crippen LogP contribution in [0.5, 0.6) is 0 Å². The molecule has 0 saturated heterocycles. The summed E-state index contributed by atoms with van der Waals surface area (Å²) in [5.41, 5.74) is 0. The molecule has 0 atom stereocenters. The van der Waals surface area contributed by atoms with Gasteiger partial charge in [-0.15, -0.1) is 0 Å².